The summed E-state index contributed by atoms with van der Waals surface area (Å²) in [4.78, 5) is 23.4. The molecule has 0 saturated carbocycles. The molecular weight excluding hydrogens is 230 g/mol. The lowest BCUT2D eigenvalue weighted by atomic mass is 9.91. The van der Waals surface area contributed by atoms with Gasteiger partial charge in [-0.05, 0) is 44.7 Å². The quantitative estimate of drug-likeness (QED) is 0.620. The van der Waals surface area contributed by atoms with Crippen molar-refractivity contribution in [2.45, 2.75) is 51.5 Å². The number of nitrogens with two attached hydrogens (primary N) is 1. The lowest BCUT2D eigenvalue weighted by Gasteiger charge is -2.29. The third-order valence-corrected chi connectivity index (χ3v) is 4.00. The second-order valence-electron chi connectivity index (χ2n) is 5.10. The lowest BCUT2D eigenvalue weighted by Crippen LogP contribution is -2.56. The number of primary amides is 1. The van der Waals surface area contributed by atoms with Gasteiger partial charge in [0.05, 0.1) is 0 Å². The molecule has 0 aromatic heterocycles. The van der Waals surface area contributed by atoms with Gasteiger partial charge in [-0.1, -0.05) is 13.8 Å². The Hall–Kier alpha value is -1.10. The molecule has 1 saturated heterocycles. The highest BCUT2D eigenvalue weighted by Gasteiger charge is 2.34. The first-order chi connectivity index (χ1) is 8.54. The average molecular weight is 255 g/mol. The zero-order chi connectivity index (χ0) is 13.6. The minimum absolute atomic E-state index is 0.0654. The summed E-state index contributed by atoms with van der Waals surface area (Å²) in [5.74, 6) is 0.0785. The highest BCUT2D eigenvalue weighted by Crippen LogP contribution is 2.17. The molecule has 5 heteroatoms. The van der Waals surface area contributed by atoms with Crippen molar-refractivity contribution in [3.05, 3.63) is 0 Å². The van der Waals surface area contributed by atoms with Crippen molar-refractivity contribution in [1.82, 2.24) is 10.6 Å². The van der Waals surface area contributed by atoms with Gasteiger partial charge in [0.1, 0.15) is 5.54 Å². The average Bonchev–Trinajstić information content (AvgIpc) is 2.86. The Morgan fingerprint density at radius 2 is 2.06 bits per heavy atom. The Labute approximate surface area is 109 Å². The number of hydrogen-bond donors (Lipinski definition) is 3. The summed E-state index contributed by atoms with van der Waals surface area (Å²) in [5.41, 5.74) is 4.53. The van der Waals surface area contributed by atoms with E-state index in [-0.39, 0.29) is 5.91 Å². The molecule has 4 N–H and O–H groups in total. The van der Waals surface area contributed by atoms with Crippen molar-refractivity contribution < 1.29 is 9.59 Å². The molecule has 0 bridgehead atoms. The predicted molar refractivity (Wildman–Crippen MR) is 70.9 cm³/mol. The van der Waals surface area contributed by atoms with Crippen molar-refractivity contribution >= 4 is 11.8 Å². The Balaban J connectivity index is 2.43. The van der Waals surface area contributed by atoms with Crippen LogP contribution in [0.15, 0.2) is 0 Å². The number of carbonyl (C=O) groups excluding carboxylic acids is 2. The largest absolute Gasteiger partial charge is 0.368 e. The third-order valence-electron chi connectivity index (χ3n) is 4.00. The minimum Gasteiger partial charge on any atom is -0.368 e. The topological polar surface area (TPSA) is 84.2 Å². The Morgan fingerprint density at radius 3 is 2.50 bits per heavy atom. The number of nitrogens with one attached hydrogen (secondary N) is 2. The van der Waals surface area contributed by atoms with E-state index in [0.717, 1.165) is 25.9 Å². The van der Waals surface area contributed by atoms with Crippen molar-refractivity contribution in [1.29, 1.82) is 0 Å². The van der Waals surface area contributed by atoms with E-state index in [1.807, 2.05) is 13.8 Å². The van der Waals surface area contributed by atoms with Crippen LogP contribution >= 0.6 is 0 Å². The van der Waals surface area contributed by atoms with E-state index in [4.69, 9.17) is 5.73 Å². The van der Waals surface area contributed by atoms with E-state index < -0.39 is 11.4 Å². The van der Waals surface area contributed by atoms with Gasteiger partial charge in [0, 0.05) is 6.42 Å². The summed E-state index contributed by atoms with van der Waals surface area (Å²) in [5, 5.41) is 6.10. The van der Waals surface area contributed by atoms with Gasteiger partial charge in [-0.15, -0.1) is 0 Å². The molecule has 1 heterocycles. The van der Waals surface area contributed by atoms with Crippen LogP contribution in [0.5, 0.6) is 0 Å². The SMILES string of the molecule is CCC(CC)(NC(=O)CCC1CCNC1)C(N)=O. The van der Waals surface area contributed by atoms with Crippen molar-refractivity contribution in [3.63, 3.8) is 0 Å². The van der Waals surface area contributed by atoms with Crippen LogP contribution in [-0.4, -0.2) is 30.4 Å². The molecule has 18 heavy (non-hydrogen) atoms. The molecule has 1 atom stereocenters. The molecule has 5 nitrogen and oxygen atoms in total. The molecule has 1 fully saturated rings. The van der Waals surface area contributed by atoms with Gasteiger partial charge in [0.2, 0.25) is 11.8 Å². The Morgan fingerprint density at radius 1 is 1.39 bits per heavy atom. The first-order valence-electron chi connectivity index (χ1n) is 6.85. The molecule has 0 radical (unpaired) electrons. The fourth-order valence-corrected chi connectivity index (χ4v) is 2.46. The van der Waals surface area contributed by atoms with Crippen LogP contribution in [0.1, 0.15) is 46.0 Å². The summed E-state index contributed by atoms with van der Waals surface area (Å²) < 4.78 is 0. The zero-order valence-electron chi connectivity index (χ0n) is 11.4. The summed E-state index contributed by atoms with van der Waals surface area (Å²) in [6.45, 7) is 5.78. The summed E-state index contributed by atoms with van der Waals surface area (Å²) in [6, 6.07) is 0. The Bertz CT molecular complexity index is 295. The maximum absolute atomic E-state index is 11.9. The first kappa shape index (κ1) is 15.0. The molecule has 2 amide bonds. The van der Waals surface area contributed by atoms with E-state index in [9.17, 15) is 9.59 Å². The molecule has 0 aromatic rings. The van der Waals surface area contributed by atoms with Gasteiger partial charge in [-0.2, -0.15) is 0 Å². The van der Waals surface area contributed by atoms with Crippen LogP contribution < -0.4 is 16.4 Å². The third kappa shape index (κ3) is 3.70. The summed E-state index contributed by atoms with van der Waals surface area (Å²) in [7, 11) is 0. The van der Waals surface area contributed by atoms with E-state index in [0.29, 0.717) is 25.2 Å². The molecule has 1 unspecified atom stereocenters. The van der Waals surface area contributed by atoms with E-state index in [1.165, 1.54) is 0 Å². The van der Waals surface area contributed by atoms with Crippen molar-refractivity contribution in [2.24, 2.45) is 11.7 Å². The van der Waals surface area contributed by atoms with Crippen LogP contribution in [0, 0.1) is 5.92 Å². The molecule has 1 aliphatic rings. The van der Waals surface area contributed by atoms with E-state index in [1.54, 1.807) is 0 Å². The summed E-state index contributed by atoms with van der Waals surface area (Å²) in [6.07, 6.45) is 3.56. The molecule has 0 aliphatic carbocycles. The van der Waals surface area contributed by atoms with Gasteiger partial charge in [0.15, 0.2) is 0 Å². The number of hydrogen-bond acceptors (Lipinski definition) is 3. The molecule has 0 aromatic carbocycles. The van der Waals surface area contributed by atoms with Crippen LogP contribution in [0.3, 0.4) is 0 Å². The lowest BCUT2D eigenvalue weighted by molar-refractivity contribution is -0.132. The highest BCUT2D eigenvalue weighted by molar-refractivity contribution is 5.90. The van der Waals surface area contributed by atoms with Gasteiger partial charge < -0.3 is 16.4 Å². The first-order valence-corrected chi connectivity index (χ1v) is 6.85. The van der Waals surface area contributed by atoms with Gasteiger partial charge >= 0.3 is 0 Å². The smallest absolute Gasteiger partial charge is 0.243 e. The van der Waals surface area contributed by atoms with Crippen molar-refractivity contribution in [3.8, 4) is 0 Å². The molecule has 104 valence electrons. The highest BCUT2D eigenvalue weighted by atomic mass is 16.2. The van der Waals surface area contributed by atoms with Gasteiger partial charge in [-0.3, -0.25) is 9.59 Å². The Kier molecular flexibility index (Phi) is 5.59. The van der Waals surface area contributed by atoms with Crippen LogP contribution in [0.4, 0.5) is 0 Å². The van der Waals surface area contributed by atoms with Gasteiger partial charge in [0.25, 0.3) is 0 Å². The van der Waals surface area contributed by atoms with Crippen molar-refractivity contribution in [2.75, 3.05) is 13.1 Å². The normalized spacial score (nSPS) is 19.8. The van der Waals surface area contributed by atoms with Gasteiger partial charge in [-0.25, -0.2) is 0 Å². The second-order valence-corrected chi connectivity index (χ2v) is 5.10. The van der Waals surface area contributed by atoms with Crippen LogP contribution in [0.2, 0.25) is 0 Å². The second kappa shape index (κ2) is 6.73. The standard InChI is InChI=1S/C13H25N3O2/c1-3-13(4-2,12(14)18)16-11(17)6-5-10-7-8-15-9-10/h10,15H,3-9H2,1-2H3,(H2,14,18)(H,16,17). The van der Waals surface area contributed by atoms with E-state index >= 15 is 0 Å². The molecule has 0 spiro atoms. The molecule has 1 rings (SSSR count). The summed E-state index contributed by atoms with van der Waals surface area (Å²) >= 11 is 0. The fraction of sp³-hybridized carbons (Fsp3) is 0.846. The number of carbonyl (C=O) groups is 2. The van der Waals surface area contributed by atoms with Crippen LogP contribution in [0.25, 0.3) is 0 Å². The zero-order valence-corrected chi connectivity index (χ0v) is 11.4. The molecule has 1 aliphatic heterocycles. The maximum atomic E-state index is 11.9. The predicted octanol–water partition coefficient (Wildman–Crippen LogP) is 0.536. The molecular formula is C13H25N3O2. The maximum Gasteiger partial charge on any atom is 0.243 e. The number of rotatable bonds is 7. The monoisotopic (exact) mass is 255 g/mol. The van der Waals surface area contributed by atoms with Crippen LogP contribution in [-0.2, 0) is 9.59 Å². The number of amides is 2. The fourth-order valence-electron chi connectivity index (χ4n) is 2.46. The minimum atomic E-state index is -0.870. The van der Waals surface area contributed by atoms with E-state index in [2.05, 4.69) is 10.6 Å².